The maximum absolute atomic E-state index is 13.3. The number of hydrogen-bond donors (Lipinski definition) is 2. The van der Waals surface area contributed by atoms with Gasteiger partial charge in [0.2, 0.25) is 34.8 Å². The number of benzene rings is 1. The predicted octanol–water partition coefficient (Wildman–Crippen LogP) is 2.87. The Labute approximate surface area is 144 Å². The van der Waals surface area contributed by atoms with Crippen LogP contribution in [0.25, 0.3) is 0 Å². The van der Waals surface area contributed by atoms with Gasteiger partial charge in [-0.2, -0.15) is 8.78 Å². The first-order chi connectivity index (χ1) is 12.1. The third kappa shape index (κ3) is 5.99. The van der Waals surface area contributed by atoms with Gasteiger partial charge in [-0.3, -0.25) is 0 Å². The topological polar surface area (TPSA) is 87.1 Å². The number of carboxylic acids is 2. The molecule has 0 aliphatic carbocycles. The van der Waals surface area contributed by atoms with E-state index in [1.165, 1.54) is 5.06 Å². The van der Waals surface area contributed by atoms with Crippen molar-refractivity contribution in [2.75, 3.05) is 13.1 Å². The van der Waals surface area contributed by atoms with Crippen molar-refractivity contribution in [3.63, 3.8) is 0 Å². The Balaban J connectivity index is 0.000000359. The number of carbonyl (C=O) groups is 2. The molecule has 1 aromatic carbocycles. The van der Waals surface area contributed by atoms with Gasteiger partial charge in [-0.15, -0.1) is 5.06 Å². The average Bonchev–Trinajstić information content (AvgIpc) is 2.61. The monoisotopic (exact) mass is 383 g/mol. The molecule has 6 nitrogen and oxygen atoms in total. The minimum Gasteiger partial charge on any atom is -0.478 e. The van der Waals surface area contributed by atoms with Gasteiger partial charge >= 0.3 is 11.9 Å². The molecule has 1 saturated heterocycles. The van der Waals surface area contributed by atoms with Crippen molar-refractivity contribution in [1.82, 2.24) is 5.06 Å². The second-order valence-electron chi connectivity index (χ2n) is 4.99. The Morgan fingerprint density at radius 3 is 1.54 bits per heavy atom. The van der Waals surface area contributed by atoms with Crippen LogP contribution in [0.15, 0.2) is 12.2 Å². The Morgan fingerprint density at radius 2 is 1.15 bits per heavy atom. The van der Waals surface area contributed by atoms with Crippen molar-refractivity contribution in [3.05, 3.63) is 41.2 Å². The second kappa shape index (κ2) is 9.70. The summed E-state index contributed by atoms with van der Waals surface area (Å²) >= 11 is 0. The van der Waals surface area contributed by atoms with Crippen molar-refractivity contribution in [2.24, 2.45) is 0 Å². The molecule has 1 heterocycles. The van der Waals surface area contributed by atoms with Crippen LogP contribution >= 0.6 is 0 Å². The van der Waals surface area contributed by atoms with Crippen molar-refractivity contribution < 1.29 is 46.6 Å². The fourth-order valence-corrected chi connectivity index (χ4v) is 1.89. The quantitative estimate of drug-likeness (QED) is 0.360. The van der Waals surface area contributed by atoms with Gasteiger partial charge in [0.25, 0.3) is 0 Å². The summed E-state index contributed by atoms with van der Waals surface area (Å²) in [6.45, 7) is 0.777. The van der Waals surface area contributed by atoms with Crippen molar-refractivity contribution in [2.45, 2.75) is 19.3 Å². The van der Waals surface area contributed by atoms with Crippen LogP contribution in [0.2, 0.25) is 0 Å². The number of carboxylic acid groups (broad SMARTS) is 2. The lowest BCUT2D eigenvalue weighted by Gasteiger charge is -2.26. The van der Waals surface area contributed by atoms with Gasteiger partial charge in [-0.1, -0.05) is 6.42 Å². The van der Waals surface area contributed by atoms with Crippen LogP contribution < -0.4 is 4.84 Å². The molecule has 144 valence electrons. The minimum atomic E-state index is -2.18. The summed E-state index contributed by atoms with van der Waals surface area (Å²) in [5, 5.41) is 16.8. The number of rotatable bonds is 4. The number of hydrogen-bond acceptors (Lipinski definition) is 4. The summed E-state index contributed by atoms with van der Waals surface area (Å²) in [7, 11) is 0. The molecule has 1 aliphatic rings. The molecule has 0 radical (unpaired) electrons. The Kier molecular flexibility index (Phi) is 7.97. The number of nitrogens with zero attached hydrogens (tertiary/aromatic N) is 1. The van der Waals surface area contributed by atoms with E-state index in [1.54, 1.807) is 0 Å². The van der Waals surface area contributed by atoms with Gasteiger partial charge in [0.1, 0.15) is 0 Å². The van der Waals surface area contributed by atoms with E-state index in [1.807, 2.05) is 0 Å². The molecular weight excluding hydrogens is 369 g/mol. The van der Waals surface area contributed by atoms with Crippen LogP contribution in [0.3, 0.4) is 0 Å². The molecule has 2 N–H and O–H groups in total. The molecule has 1 aliphatic heterocycles. The van der Waals surface area contributed by atoms with Crippen LogP contribution in [0.1, 0.15) is 19.3 Å². The van der Waals surface area contributed by atoms with E-state index in [4.69, 9.17) is 15.1 Å². The molecule has 26 heavy (non-hydrogen) atoms. The molecule has 1 fully saturated rings. The van der Waals surface area contributed by atoms with E-state index in [0.29, 0.717) is 25.2 Å². The molecule has 0 saturated carbocycles. The Hall–Kier alpha value is -2.69. The van der Waals surface area contributed by atoms with Crippen LogP contribution in [0.5, 0.6) is 5.75 Å². The van der Waals surface area contributed by atoms with E-state index in [-0.39, 0.29) is 0 Å². The van der Waals surface area contributed by atoms with Crippen LogP contribution in [-0.4, -0.2) is 40.3 Å². The predicted molar refractivity (Wildman–Crippen MR) is 76.7 cm³/mol. The SMILES string of the molecule is Fc1c(F)c(F)c(ON2CCCCC2)c(F)c1F.O=C(O)/C=C\C(=O)O. The minimum absolute atomic E-state index is 0.388. The zero-order valence-corrected chi connectivity index (χ0v) is 13.1. The van der Waals surface area contributed by atoms with Crippen LogP contribution in [-0.2, 0) is 9.59 Å². The molecule has 1 aromatic rings. The van der Waals surface area contributed by atoms with E-state index < -0.39 is 46.8 Å². The number of aliphatic carboxylic acids is 2. The molecule has 11 heteroatoms. The maximum Gasteiger partial charge on any atom is 0.328 e. The normalized spacial score (nSPS) is 14.7. The lowest BCUT2D eigenvalue weighted by Crippen LogP contribution is -2.33. The summed E-state index contributed by atoms with van der Waals surface area (Å²) in [6.07, 6.45) is 3.55. The van der Waals surface area contributed by atoms with E-state index >= 15 is 0 Å². The lowest BCUT2D eigenvalue weighted by molar-refractivity contribution is -0.134. The molecule has 0 bridgehead atoms. The van der Waals surface area contributed by atoms with E-state index in [9.17, 15) is 31.5 Å². The van der Waals surface area contributed by atoms with Gasteiger partial charge in [0, 0.05) is 25.2 Å². The van der Waals surface area contributed by atoms with E-state index in [0.717, 1.165) is 19.3 Å². The third-order valence-corrected chi connectivity index (χ3v) is 3.07. The zero-order valence-electron chi connectivity index (χ0n) is 13.1. The second-order valence-corrected chi connectivity index (χ2v) is 4.99. The summed E-state index contributed by atoms with van der Waals surface area (Å²) in [5.74, 6) is -13.8. The summed E-state index contributed by atoms with van der Waals surface area (Å²) in [6, 6.07) is 0. The van der Waals surface area contributed by atoms with Crippen LogP contribution in [0.4, 0.5) is 22.0 Å². The van der Waals surface area contributed by atoms with Gasteiger partial charge < -0.3 is 15.1 Å². The summed E-state index contributed by atoms with van der Waals surface area (Å²) in [5.41, 5.74) is 0. The van der Waals surface area contributed by atoms with Gasteiger partial charge in [0.15, 0.2) is 0 Å². The highest BCUT2D eigenvalue weighted by Gasteiger charge is 2.29. The Bertz CT molecular complexity index is 659. The van der Waals surface area contributed by atoms with E-state index in [2.05, 4.69) is 0 Å². The molecular formula is C15H14F5NO5. The standard InChI is InChI=1S/C11H10F5NO.C4H4O4/c12-6-7(13)9(15)11(10(16)8(6)14)18-17-4-2-1-3-5-17;5-3(6)1-2-4(7)8/h1-5H2;1-2H,(H,5,6)(H,7,8)/b;2-1-. The highest BCUT2D eigenvalue weighted by molar-refractivity contribution is 5.89. The first kappa shape index (κ1) is 21.4. The smallest absolute Gasteiger partial charge is 0.328 e. The number of halogens is 5. The molecule has 0 aromatic heterocycles. The lowest BCUT2D eigenvalue weighted by atomic mass is 10.2. The van der Waals surface area contributed by atoms with Crippen molar-refractivity contribution in [3.8, 4) is 5.75 Å². The fraction of sp³-hybridized carbons (Fsp3) is 0.333. The maximum atomic E-state index is 13.3. The van der Waals surface area contributed by atoms with Gasteiger partial charge in [0.05, 0.1) is 0 Å². The number of hydroxylamine groups is 2. The van der Waals surface area contributed by atoms with Gasteiger partial charge in [-0.05, 0) is 12.8 Å². The largest absolute Gasteiger partial charge is 0.478 e. The van der Waals surface area contributed by atoms with Crippen molar-refractivity contribution >= 4 is 11.9 Å². The van der Waals surface area contributed by atoms with Gasteiger partial charge in [-0.25, -0.2) is 22.8 Å². The molecule has 0 unspecified atom stereocenters. The molecule has 0 spiro atoms. The average molecular weight is 383 g/mol. The highest BCUT2D eigenvalue weighted by atomic mass is 19.2. The van der Waals surface area contributed by atoms with Crippen molar-refractivity contribution in [1.29, 1.82) is 0 Å². The molecule has 0 amide bonds. The fourth-order valence-electron chi connectivity index (χ4n) is 1.89. The molecule has 2 rings (SSSR count). The zero-order chi connectivity index (χ0) is 19.9. The summed E-state index contributed by atoms with van der Waals surface area (Å²) in [4.78, 5) is 23.9. The first-order valence-electron chi connectivity index (χ1n) is 7.23. The first-order valence-corrected chi connectivity index (χ1v) is 7.23. The summed E-state index contributed by atoms with van der Waals surface area (Å²) < 4.78 is 65.1. The highest BCUT2D eigenvalue weighted by Crippen LogP contribution is 2.30. The third-order valence-electron chi connectivity index (χ3n) is 3.07. The van der Waals surface area contributed by atoms with Crippen LogP contribution in [0, 0.1) is 29.1 Å². The number of piperidine rings is 1. The molecule has 0 atom stereocenters. The Morgan fingerprint density at radius 1 is 0.769 bits per heavy atom.